The third kappa shape index (κ3) is 8.06. The van der Waals surface area contributed by atoms with Crippen LogP contribution in [0.4, 0.5) is 4.79 Å². The Hall–Kier alpha value is -2.57. The second-order valence-electron chi connectivity index (χ2n) is 10.9. The van der Waals surface area contributed by atoms with Gasteiger partial charge in [-0.3, -0.25) is 9.59 Å². The molecule has 7 heteroatoms. The maximum Gasteiger partial charge on any atom is 0.408 e. The van der Waals surface area contributed by atoms with Crippen molar-refractivity contribution < 1.29 is 19.1 Å². The Morgan fingerprint density at radius 3 is 2.18 bits per heavy atom. The molecule has 184 valence electrons. The quantitative estimate of drug-likeness (QED) is 0.649. The van der Waals surface area contributed by atoms with Gasteiger partial charge in [0.1, 0.15) is 18.2 Å². The molecule has 33 heavy (non-hydrogen) atoms. The van der Waals surface area contributed by atoms with Crippen molar-refractivity contribution in [2.45, 2.75) is 104 Å². The summed E-state index contributed by atoms with van der Waals surface area (Å²) in [5.41, 5.74) is 0.388. The lowest BCUT2D eigenvalue weighted by Gasteiger charge is -2.42. The third-order valence-corrected chi connectivity index (χ3v) is 5.72. The number of hydrogen-bond acceptors (Lipinski definition) is 4. The molecule has 1 aromatic rings. The first-order valence-electron chi connectivity index (χ1n) is 11.9. The number of amides is 3. The number of hydrogen-bond donors (Lipinski definition) is 2. The largest absolute Gasteiger partial charge is 0.444 e. The number of nitrogens with one attached hydrogen (secondary N) is 2. The van der Waals surface area contributed by atoms with E-state index in [1.165, 1.54) is 6.42 Å². The SMILES string of the molecule is Cc1ccccc1C(C(=O)NC1CCCCC1)N(C(=O)CNC(=O)OC(C)(C)C)C(C)(C)C. The monoisotopic (exact) mass is 459 g/mol. The normalized spacial score (nSPS) is 16.0. The highest BCUT2D eigenvalue weighted by Gasteiger charge is 2.39. The van der Waals surface area contributed by atoms with Crippen LogP contribution in [0.15, 0.2) is 24.3 Å². The summed E-state index contributed by atoms with van der Waals surface area (Å²) in [6.45, 7) is 12.7. The zero-order chi connectivity index (χ0) is 24.8. The molecule has 0 saturated heterocycles. The molecule has 1 aliphatic carbocycles. The van der Waals surface area contributed by atoms with Crippen molar-refractivity contribution in [3.05, 3.63) is 35.4 Å². The Morgan fingerprint density at radius 1 is 1.03 bits per heavy atom. The molecule has 0 radical (unpaired) electrons. The number of aryl methyl sites for hydroxylation is 1. The predicted molar refractivity (Wildman–Crippen MR) is 130 cm³/mol. The fraction of sp³-hybridized carbons (Fsp3) is 0.654. The van der Waals surface area contributed by atoms with Gasteiger partial charge in [0.15, 0.2) is 0 Å². The third-order valence-electron chi connectivity index (χ3n) is 5.72. The number of rotatable bonds is 6. The van der Waals surface area contributed by atoms with E-state index in [1.807, 2.05) is 52.0 Å². The van der Waals surface area contributed by atoms with Gasteiger partial charge in [-0.05, 0) is 72.4 Å². The van der Waals surface area contributed by atoms with Crippen molar-refractivity contribution >= 4 is 17.9 Å². The molecule has 0 aliphatic heterocycles. The van der Waals surface area contributed by atoms with E-state index in [1.54, 1.807) is 25.7 Å². The van der Waals surface area contributed by atoms with E-state index in [0.717, 1.165) is 36.8 Å². The minimum atomic E-state index is -0.805. The van der Waals surface area contributed by atoms with Crippen LogP contribution < -0.4 is 10.6 Å². The van der Waals surface area contributed by atoms with E-state index in [2.05, 4.69) is 10.6 Å². The summed E-state index contributed by atoms with van der Waals surface area (Å²) in [6.07, 6.45) is 4.63. The summed E-state index contributed by atoms with van der Waals surface area (Å²) in [5.74, 6) is -0.530. The van der Waals surface area contributed by atoms with Gasteiger partial charge in [0.25, 0.3) is 0 Å². The van der Waals surface area contributed by atoms with Gasteiger partial charge >= 0.3 is 6.09 Å². The zero-order valence-corrected chi connectivity index (χ0v) is 21.3. The van der Waals surface area contributed by atoms with Gasteiger partial charge < -0.3 is 20.3 Å². The van der Waals surface area contributed by atoms with Gasteiger partial charge in [0.05, 0.1) is 0 Å². The molecule has 1 aliphatic rings. The first-order valence-corrected chi connectivity index (χ1v) is 11.9. The predicted octanol–water partition coefficient (Wildman–Crippen LogP) is 4.64. The van der Waals surface area contributed by atoms with E-state index >= 15 is 0 Å². The number of alkyl carbamates (subject to hydrolysis) is 1. The van der Waals surface area contributed by atoms with Gasteiger partial charge in [-0.15, -0.1) is 0 Å². The standard InChI is InChI=1S/C26H41N3O4/c1-18-13-11-12-16-20(18)22(23(31)28-19-14-9-8-10-15-19)29(25(2,3)4)21(30)17-27-24(32)33-26(5,6)7/h11-13,16,19,22H,8-10,14-15,17H2,1-7H3,(H,27,32)(H,28,31). The van der Waals surface area contributed by atoms with Crippen LogP contribution in [0.5, 0.6) is 0 Å². The maximum absolute atomic E-state index is 13.7. The molecular weight excluding hydrogens is 418 g/mol. The second-order valence-corrected chi connectivity index (χ2v) is 10.9. The van der Waals surface area contributed by atoms with E-state index in [0.29, 0.717) is 0 Å². The lowest BCUT2D eigenvalue weighted by atomic mass is 9.92. The fourth-order valence-electron chi connectivity index (χ4n) is 4.27. The molecule has 0 spiro atoms. The molecular formula is C26H41N3O4. The molecule has 0 heterocycles. The van der Waals surface area contributed by atoms with Crippen molar-refractivity contribution in [3.8, 4) is 0 Å². The average molecular weight is 460 g/mol. The molecule has 1 atom stereocenters. The Bertz CT molecular complexity index is 833. The van der Waals surface area contributed by atoms with Crippen LogP contribution in [0.1, 0.15) is 90.8 Å². The molecule has 1 unspecified atom stereocenters. The minimum absolute atomic E-state index is 0.120. The maximum atomic E-state index is 13.7. The summed E-state index contributed by atoms with van der Waals surface area (Å²) in [6, 6.07) is 6.96. The smallest absolute Gasteiger partial charge is 0.408 e. The summed E-state index contributed by atoms with van der Waals surface area (Å²) < 4.78 is 5.27. The van der Waals surface area contributed by atoms with Gasteiger partial charge in [0, 0.05) is 11.6 Å². The highest BCUT2D eigenvalue weighted by molar-refractivity contribution is 5.91. The Kier molecular flexibility index (Phi) is 8.92. The first-order chi connectivity index (χ1) is 15.3. The summed E-state index contributed by atoms with van der Waals surface area (Å²) in [4.78, 5) is 40.9. The minimum Gasteiger partial charge on any atom is -0.444 e. The van der Waals surface area contributed by atoms with Crippen molar-refractivity contribution in [1.82, 2.24) is 15.5 Å². The number of carbonyl (C=O) groups is 3. The van der Waals surface area contributed by atoms with E-state index in [4.69, 9.17) is 4.74 Å². The number of ether oxygens (including phenoxy) is 1. The molecule has 1 fully saturated rings. The van der Waals surface area contributed by atoms with Crippen LogP contribution >= 0.6 is 0 Å². The number of carbonyl (C=O) groups excluding carboxylic acids is 3. The lowest BCUT2D eigenvalue weighted by Crippen LogP contribution is -2.56. The van der Waals surface area contributed by atoms with Gasteiger partial charge in [0.2, 0.25) is 11.8 Å². The van der Waals surface area contributed by atoms with Crippen molar-refractivity contribution in [2.24, 2.45) is 0 Å². The van der Waals surface area contributed by atoms with Crippen LogP contribution in [0.3, 0.4) is 0 Å². The van der Waals surface area contributed by atoms with Crippen LogP contribution in [0, 0.1) is 6.92 Å². The van der Waals surface area contributed by atoms with Crippen molar-refractivity contribution in [3.63, 3.8) is 0 Å². The summed E-state index contributed by atoms with van der Waals surface area (Å²) >= 11 is 0. The van der Waals surface area contributed by atoms with Gasteiger partial charge in [-0.2, -0.15) is 0 Å². The van der Waals surface area contributed by atoms with Crippen LogP contribution in [0.25, 0.3) is 0 Å². The Balaban J connectivity index is 2.34. The molecule has 0 aromatic heterocycles. The van der Waals surface area contributed by atoms with E-state index in [-0.39, 0.29) is 24.4 Å². The fourth-order valence-corrected chi connectivity index (χ4v) is 4.27. The van der Waals surface area contributed by atoms with E-state index in [9.17, 15) is 14.4 Å². The van der Waals surface area contributed by atoms with Crippen molar-refractivity contribution in [1.29, 1.82) is 0 Å². The molecule has 3 amide bonds. The molecule has 7 nitrogen and oxygen atoms in total. The summed E-state index contributed by atoms with van der Waals surface area (Å²) in [7, 11) is 0. The first kappa shape index (κ1) is 26.7. The zero-order valence-electron chi connectivity index (χ0n) is 21.3. The average Bonchev–Trinajstić information content (AvgIpc) is 2.69. The van der Waals surface area contributed by atoms with E-state index < -0.39 is 23.3 Å². The highest BCUT2D eigenvalue weighted by Crippen LogP contribution is 2.31. The molecule has 1 saturated carbocycles. The van der Waals surface area contributed by atoms with Gasteiger partial charge in [-0.25, -0.2) is 4.79 Å². The summed E-state index contributed by atoms with van der Waals surface area (Å²) in [5, 5.41) is 5.75. The Labute approximate surface area is 198 Å². The molecule has 2 N–H and O–H groups in total. The topological polar surface area (TPSA) is 87.7 Å². The number of nitrogens with zero attached hydrogens (tertiary/aromatic N) is 1. The van der Waals surface area contributed by atoms with Gasteiger partial charge in [-0.1, -0.05) is 43.5 Å². The second kappa shape index (κ2) is 11.0. The van der Waals surface area contributed by atoms with Crippen LogP contribution in [0.2, 0.25) is 0 Å². The molecule has 0 bridgehead atoms. The lowest BCUT2D eigenvalue weighted by molar-refractivity contribution is -0.146. The van der Waals surface area contributed by atoms with Crippen LogP contribution in [-0.2, 0) is 14.3 Å². The Morgan fingerprint density at radius 2 is 1.64 bits per heavy atom. The van der Waals surface area contributed by atoms with Crippen LogP contribution in [-0.4, -0.2) is 46.5 Å². The molecule has 2 rings (SSSR count). The highest BCUT2D eigenvalue weighted by atomic mass is 16.6. The number of benzene rings is 1. The van der Waals surface area contributed by atoms with Crippen molar-refractivity contribution in [2.75, 3.05) is 6.54 Å². The molecule has 1 aromatic carbocycles.